The van der Waals surface area contributed by atoms with Crippen LogP contribution in [-0.4, -0.2) is 31.1 Å². The quantitative estimate of drug-likeness (QED) is 0.784. The smallest absolute Gasteiger partial charge is 0.317 e. The number of hydrogen-bond donors (Lipinski definition) is 1. The van der Waals surface area contributed by atoms with Gasteiger partial charge in [-0.2, -0.15) is 0 Å². The van der Waals surface area contributed by atoms with Crippen LogP contribution in [0.25, 0.3) is 0 Å². The van der Waals surface area contributed by atoms with Gasteiger partial charge in [0.15, 0.2) is 0 Å². The molecule has 0 bridgehead atoms. The molecule has 2 rings (SSSR count). The van der Waals surface area contributed by atoms with Crippen LogP contribution < -0.4 is 10.1 Å². The monoisotopic (exact) mass is 326 g/mol. The van der Waals surface area contributed by atoms with Crippen LogP contribution in [0, 0.1) is 13.8 Å². The largest absolute Gasteiger partial charge is 0.493 e. The number of rotatable bonds is 7. The van der Waals surface area contributed by atoms with Crippen LogP contribution in [0.3, 0.4) is 0 Å². The van der Waals surface area contributed by atoms with E-state index in [9.17, 15) is 4.79 Å². The molecule has 0 aliphatic carbocycles. The number of carbonyl (C=O) groups is 1. The molecule has 2 amide bonds. The first-order valence-corrected chi connectivity index (χ1v) is 8.30. The topological polar surface area (TPSA) is 41.6 Å². The van der Waals surface area contributed by atoms with Gasteiger partial charge in [0.25, 0.3) is 0 Å². The fraction of sp³-hybridized carbons (Fsp3) is 0.350. The summed E-state index contributed by atoms with van der Waals surface area (Å²) in [6, 6.07) is 16.0. The zero-order valence-corrected chi connectivity index (χ0v) is 14.7. The number of carbonyl (C=O) groups excluding carboxylic acids is 1. The molecule has 0 saturated carbocycles. The van der Waals surface area contributed by atoms with Crippen molar-refractivity contribution in [3.63, 3.8) is 0 Å². The van der Waals surface area contributed by atoms with E-state index >= 15 is 0 Å². The summed E-state index contributed by atoms with van der Waals surface area (Å²) in [4.78, 5) is 13.8. The van der Waals surface area contributed by atoms with Crippen molar-refractivity contribution in [2.75, 3.05) is 20.2 Å². The van der Waals surface area contributed by atoms with Gasteiger partial charge in [-0.3, -0.25) is 0 Å². The first-order valence-electron chi connectivity index (χ1n) is 8.30. The molecule has 4 nitrogen and oxygen atoms in total. The van der Waals surface area contributed by atoms with Crippen molar-refractivity contribution in [3.05, 3.63) is 65.2 Å². The molecular weight excluding hydrogens is 300 g/mol. The van der Waals surface area contributed by atoms with Crippen LogP contribution in [0.2, 0.25) is 0 Å². The van der Waals surface area contributed by atoms with Crippen LogP contribution in [-0.2, 0) is 6.54 Å². The molecule has 0 aromatic heterocycles. The Hall–Kier alpha value is -2.49. The second-order valence-electron chi connectivity index (χ2n) is 5.98. The summed E-state index contributed by atoms with van der Waals surface area (Å²) in [6.45, 7) is 5.88. The van der Waals surface area contributed by atoms with Gasteiger partial charge in [0, 0.05) is 20.1 Å². The number of amides is 2. The average molecular weight is 326 g/mol. The molecule has 128 valence electrons. The van der Waals surface area contributed by atoms with Crippen molar-refractivity contribution in [1.82, 2.24) is 10.2 Å². The Bertz CT molecular complexity index is 670. The van der Waals surface area contributed by atoms with E-state index in [0.717, 1.165) is 23.3 Å². The van der Waals surface area contributed by atoms with Crippen LogP contribution in [0.1, 0.15) is 23.1 Å². The van der Waals surface area contributed by atoms with Gasteiger partial charge in [0.2, 0.25) is 0 Å². The highest BCUT2D eigenvalue weighted by atomic mass is 16.5. The summed E-state index contributed by atoms with van der Waals surface area (Å²) in [5, 5.41) is 2.93. The SMILES string of the molecule is Cc1ccccc1CN(C)C(=O)NCCCOc1ccccc1C. The van der Waals surface area contributed by atoms with Crippen molar-refractivity contribution in [1.29, 1.82) is 0 Å². The fourth-order valence-electron chi connectivity index (χ4n) is 2.42. The number of hydrogen-bond acceptors (Lipinski definition) is 2. The highest BCUT2D eigenvalue weighted by molar-refractivity contribution is 5.73. The third-order valence-electron chi connectivity index (χ3n) is 3.96. The van der Waals surface area contributed by atoms with Gasteiger partial charge >= 0.3 is 6.03 Å². The highest BCUT2D eigenvalue weighted by Gasteiger charge is 2.09. The van der Waals surface area contributed by atoms with E-state index in [4.69, 9.17) is 4.74 Å². The number of nitrogens with zero attached hydrogens (tertiary/aromatic N) is 1. The molecule has 2 aromatic rings. The third-order valence-corrected chi connectivity index (χ3v) is 3.96. The molecule has 0 unspecified atom stereocenters. The van der Waals surface area contributed by atoms with Crippen molar-refractivity contribution in [2.45, 2.75) is 26.8 Å². The molecule has 0 radical (unpaired) electrons. The molecule has 24 heavy (non-hydrogen) atoms. The first kappa shape index (κ1) is 17.9. The standard InChI is InChI=1S/C20H26N2O2/c1-16-9-4-6-11-18(16)15-22(3)20(23)21-13-8-14-24-19-12-7-5-10-17(19)2/h4-7,9-12H,8,13-15H2,1-3H3,(H,21,23). The summed E-state index contributed by atoms with van der Waals surface area (Å²) in [6.07, 6.45) is 0.776. The zero-order chi connectivity index (χ0) is 17.4. The van der Waals surface area contributed by atoms with Crippen LogP contribution in [0.5, 0.6) is 5.75 Å². The average Bonchev–Trinajstić information content (AvgIpc) is 2.58. The van der Waals surface area contributed by atoms with Crippen molar-refractivity contribution >= 4 is 6.03 Å². The predicted molar refractivity (Wildman–Crippen MR) is 97.3 cm³/mol. The molecule has 0 aliphatic rings. The predicted octanol–water partition coefficient (Wildman–Crippen LogP) is 3.91. The third kappa shape index (κ3) is 5.30. The number of benzene rings is 2. The molecule has 2 aromatic carbocycles. The van der Waals surface area contributed by atoms with Gasteiger partial charge in [0.1, 0.15) is 5.75 Å². The molecular formula is C20H26N2O2. The molecule has 0 spiro atoms. The van der Waals surface area contributed by atoms with Gasteiger partial charge < -0.3 is 15.0 Å². The highest BCUT2D eigenvalue weighted by Crippen LogP contribution is 2.16. The Morgan fingerprint density at radius 3 is 2.42 bits per heavy atom. The minimum Gasteiger partial charge on any atom is -0.493 e. The molecule has 1 N–H and O–H groups in total. The minimum absolute atomic E-state index is 0.0610. The number of aryl methyl sites for hydroxylation is 2. The van der Waals surface area contributed by atoms with Gasteiger partial charge in [-0.15, -0.1) is 0 Å². The second-order valence-corrected chi connectivity index (χ2v) is 5.98. The number of para-hydroxylation sites is 1. The van der Waals surface area contributed by atoms with Crippen molar-refractivity contribution in [3.8, 4) is 5.75 Å². The Balaban J connectivity index is 1.67. The summed E-state index contributed by atoms with van der Waals surface area (Å²) in [5.41, 5.74) is 3.49. The molecule has 0 fully saturated rings. The Kier molecular flexibility index (Phi) is 6.67. The maximum Gasteiger partial charge on any atom is 0.317 e. The first-order chi connectivity index (χ1) is 11.6. The molecule has 0 saturated heterocycles. The van der Waals surface area contributed by atoms with E-state index in [2.05, 4.69) is 24.4 Å². The lowest BCUT2D eigenvalue weighted by atomic mass is 10.1. The van der Waals surface area contributed by atoms with Gasteiger partial charge in [-0.05, 0) is 43.0 Å². The normalized spacial score (nSPS) is 10.3. The minimum atomic E-state index is -0.0610. The van der Waals surface area contributed by atoms with E-state index in [-0.39, 0.29) is 6.03 Å². The molecule has 4 heteroatoms. The van der Waals surface area contributed by atoms with E-state index in [0.29, 0.717) is 19.7 Å². The number of urea groups is 1. The van der Waals surface area contributed by atoms with E-state index < -0.39 is 0 Å². The fourth-order valence-corrected chi connectivity index (χ4v) is 2.42. The van der Waals surface area contributed by atoms with E-state index in [1.54, 1.807) is 4.90 Å². The maximum atomic E-state index is 12.1. The number of ether oxygens (including phenoxy) is 1. The summed E-state index contributed by atoms with van der Waals surface area (Å²) in [5.74, 6) is 0.903. The van der Waals surface area contributed by atoms with Crippen LogP contribution in [0.4, 0.5) is 4.79 Å². The van der Waals surface area contributed by atoms with Crippen molar-refractivity contribution in [2.24, 2.45) is 0 Å². The summed E-state index contributed by atoms with van der Waals surface area (Å²) >= 11 is 0. The molecule has 0 heterocycles. The maximum absolute atomic E-state index is 12.1. The zero-order valence-electron chi connectivity index (χ0n) is 14.7. The van der Waals surface area contributed by atoms with Crippen LogP contribution >= 0.6 is 0 Å². The molecule has 0 aliphatic heterocycles. The van der Waals surface area contributed by atoms with Gasteiger partial charge in [-0.25, -0.2) is 4.79 Å². The van der Waals surface area contributed by atoms with E-state index in [1.807, 2.05) is 50.4 Å². The van der Waals surface area contributed by atoms with Crippen LogP contribution in [0.15, 0.2) is 48.5 Å². The lowest BCUT2D eigenvalue weighted by Crippen LogP contribution is -2.37. The molecule has 0 atom stereocenters. The Labute approximate surface area is 144 Å². The van der Waals surface area contributed by atoms with E-state index in [1.165, 1.54) is 5.56 Å². The Morgan fingerprint density at radius 2 is 1.71 bits per heavy atom. The second kappa shape index (κ2) is 8.96. The van der Waals surface area contributed by atoms with Gasteiger partial charge in [-0.1, -0.05) is 42.5 Å². The Morgan fingerprint density at radius 1 is 1.04 bits per heavy atom. The van der Waals surface area contributed by atoms with Gasteiger partial charge in [0.05, 0.1) is 6.61 Å². The lowest BCUT2D eigenvalue weighted by molar-refractivity contribution is 0.205. The lowest BCUT2D eigenvalue weighted by Gasteiger charge is -2.19. The number of nitrogens with one attached hydrogen (secondary N) is 1. The summed E-state index contributed by atoms with van der Waals surface area (Å²) < 4.78 is 5.73. The van der Waals surface area contributed by atoms with Crippen molar-refractivity contribution < 1.29 is 9.53 Å². The summed E-state index contributed by atoms with van der Waals surface area (Å²) in [7, 11) is 1.81.